The predicted octanol–water partition coefficient (Wildman–Crippen LogP) is 10.7. The molecule has 3 atom stereocenters. The van der Waals surface area contributed by atoms with E-state index in [9.17, 15) is 23.8 Å². The number of esters is 2. The van der Waals surface area contributed by atoms with E-state index in [4.69, 9.17) is 24.8 Å². The SMILES string of the molecule is CCC/C=C/C/C=C/C/C=C/C/C=C/CCCCCC(=O)O[C@H](COC(=O)CCCC/C=C/C/C=C/C/C=C/CCCCC)COP(=O)(O)OC[C@H](N)C(=O)O. The van der Waals surface area contributed by atoms with Crippen LogP contribution >= 0.6 is 7.82 Å². The van der Waals surface area contributed by atoms with Crippen molar-refractivity contribution in [3.05, 3.63) is 85.1 Å². The summed E-state index contributed by atoms with van der Waals surface area (Å²) in [6.07, 6.45) is 46.5. The Labute approximate surface area is 337 Å². The molecule has 0 rings (SSSR count). The van der Waals surface area contributed by atoms with Crippen molar-refractivity contribution in [2.24, 2.45) is 5.73 Å². The van der Waals surface area contributed by atoms with Crippen LogP contribution in [-0.2, 0) is 37.5 Å². The van der Waals surface area contributed by atoms with Gasteiger partial charge in [0.1, 0.15) is 12.6 Å². The summed E-state index contributed by atoms with van der Waals surface area (Å²) in [5.74, 6) is -2.48. The van der Waals surface area contributed by atoms with Crippen molar-refractivity contribution in [1.29, 1.82) is 0 Å². The van der Waals surface area contributed by atoms with Gasteiger partial charge in [0.05, 0.1) is 13.2 Å². The third-order valence-electron chi connectivity index (χ3n) is 8.10. The molecule has 0 heterocycles. The largest absolute Gasteiger partial charge is 0.480 e. The molecule has 0 spiro atoms. The number of hydrogen-bond donors (Lipinski definition) is 3. The molecule has 0 aromatic heterocycles. The molecule has 0 aliphatic rings. The van der Waals surface area contributed by atoms with Crippen LogP contribution in [0, 0.1) is 0 Å². The van der Waals surface area contributed by atoms with Crippen molar-refractivity contribution < 1.29 is 47.5 Å². The Morgan fingerprint density at radius 3 is 1.48 bits per heavy atom. The van der Waals surface area contributed by atoms with Crippen LogP contribution in [0.2, 0.25) is 0 Å². The molecule has 0 aromatic rings. The van der Waals surface area contributed by atoms with Crippen molar-refractivity contribution in [2.45, 2.75) is 154 Å². The third kappa shape index (κ3) is 37.6. The molecule has 0 saturated carbocycles. The lowest BCUT2D eigenvalue weighted by atomic mass is 10.1. The highest BCUT2D eigenvalue weighted by Crippen LogP contribution is 2.43. The first-order valence-corrected chi connectivity index (χ1v) is 22.1. The summed E-state index contributed by atoms with van der Waals surface area (Å²) in [7, 11) is -4.74. The number of nitrogens with two attached hydrogens (primary N) is 1. The second-order valence-electron chi connectivity index (χ2n) is 13.4. The van der Waals surface area contributed by atoms with Gasteiger partial charge >= 0.3 is 25.7 Å². The number of allylic oxidation sites excluding steroid dienone is 14. The Kier molecular flexibility index (Phi) is 36.2. The van der Waals surface area contributed by atoms with Crippen molar-refractivity contribution in [3.8, 4) is 0 Å². The Balaban J connectivity index is 4.55. The predicted molar refractivity (Wildman–Crippen MR) is 226 cm³/mol. The van der Waals surface area contributed by atoms with Gasteiger partial charge in [0.25, 0.3) is 0 Å². The molecule has 0 saturated heterocycles. The fraction of sp³-hybridized carbons (Fsp3) is 0.614. The average Bonchev–Trinajstić information content (AvgIpc) is 3.17. The number of aliphatic carboxylic acids is 1. The first kappa shape index (κ1) is 52.7. The number of unbranched alkanes of at least 4 members (excludes halogenated alkanes) is 9. The van der Waals surface area contributed by atoms with E-state index in [0.717, 1.165) is 77.0 Å². The van der Waals surface area contributed by atoms with Crippen LogP contribution in [0.1, 0.15) is 142 Å². The highest BCUT2D eigenvalue weighted by Gasteiger charge is 2.28. The maximum absolute atomic E-state index is 12.6. The average molecular weight is 806 g/mol. The molecule has 0 radical (unpaired) electrons. The van der Waals surface area contributed by atoms with Crippen LogP contribution in [0.3, 0.4) is 0 Å². The van der Waals surface area contributed by atoms with Gasteiger partial charge in [0.2, 0.25) is 0 Å². The molecular weight excluding hydrogens is 733 g/mol. The van der Waals surface area contributed by atoms with E-state index < -0.39 is 51.1 Å². The minimum absolute atomic E-state index is 0.110. The Hall–Kier alpha value is -3.34. The number of carboxylic acid groups (broad SMARTS) is 1. The number of ether oxygens (including phenoxy) is 2. The van der Waals surface area contributed by atoms with Gasteiger partial charge in [-0.2, -0.15) is 0 Å². The molecule has 4 N–H and O–H groups in total. The van der Waals surface area contributed by atoms with Gasteiger partial charge in [0.15, 0.2) is 6.10 Å². The van der Waals surface area contributed by atoms with Crippen LogP contribution in [-0.4, -0.2) is 59.9 Å². The number of carbonyl (C=O) groups is 3. The van der Waals surface area contributed by atoms with Crippen LogP contribution in [0.5, 0.6) is 0 Å². The van der Waals surface area contributed by atoms with Crippen LogP contribution in [0.15, 0.2) is 85.1 Å². The molecule has 318 valence electrons. The maximum Gasteiger partial charge on any atom is 0.472 e. The summed E-state index contributed by atoms with van der Waals surface area (Å²) in [6.45, 7) is 2.61. The highest BCUT2D eigenvalue weighted by atomic mass is 31.2. The van der Waals surface area contributed by atoms with Gasteiger partial charge in [0, 0.05) is 12.8 Å². The lowest BCUT2D eigenvalue weighted by molar-refractivity contribution is -0.161. The van der Waals surface area contributed by atoms with Gasteiger partial charge < -0.3 is 25.2 Å². The Morgan fingerprint density at radius 1 is 0.554 bits per heavy atom. The van der Waals surface area contributed by atoms with E-state index in [1.54, 1.807) is 0 Å². The molecule has 0 fully saturated rings. The van der Waals surface area contributed by atoms with Gasteiger partial charge in [-0.1, -0.05) is 125 Å². The molecule has 0 aliphatic carbocycles. The normalized spacial score (nSPS) is 14.6. The van der Waals surface area contributed by atoms with Gasteiger partial charge in [-0.3, -0.25) is 23.4 Å². The van der Waals surface area contributed by atoms with E-state index in [2.05, 4.69) is 103 Å². The van der Waals surface area contributed by atoms with Crippen molar-refractivity contribution in [3.63, 3.8) is 0 Å². The van der Waals surface area contributed by atoms with E-state index >= 15 is 0 Å². The molecule has 0 bridgehead atoms. The summed E-state index contributed by atoms with van der Waals surface area (Å²) < 4.78 is 32.6. The number of carbonyl (C=O) groups excluding carboxylic acids is 2. The first-order chi connectivity index (χ1) is 27.1. The minimum Gasteiger partial charge on any atom is -0.480 e. The monoisotopic (exact) mass is 805 g/mol. The van der Waals surface area contributed by atoms with Crippen LogP contribution in [0.25, 0.3) is 0 Å². The van der Waals surface area contributed by atoms with Crippen LogP contribution in [0.4, 0.5) is 0 Å². The number of carboxylic acids is 1. The highest BCUT2D eigenvalue weighted by molar-refractivity contribution is 7.47. The molecule has 0 aromatic carbocycles. The fourth-order valence-electron chi connectivity index (χ4n) is 4.82. The van der Waals surface area contributed by atoms with Gasteiger partial charge in [-0.25, -0.2) is 4.57 Å². The topological polar surface area (TPSA) is 172 Å². The number of phosphoric acid groups is 1. The van der Waals surface area contributed by atoms with Crippen molar-refractivity contribution in [1.82, 2.24) is 0 Å². The first-order valence-electron chi connectivity index (χ1n) is 20.6. The zero-order valence-electron chi connectivity index (χ0n) is 34.2. The quantitative estimate of drug-likeness (QED) is 0.0236. The zero-order valence-corrected chi connectivity index (χ0v) is 35.1. The van der Waals surface area contributed by atoms with E-state index in [1.165, 1.54) is 25.7 Å². The molecule has 0 amide bonds. The summed E-state index contributed by atoms with van der Waals surface area (Å²) in [5.41, 5.74) is 5.32. The van der Waals surface area contributed by atoms with Gasteiger partial charge in [-0.05, 0) is 89.9 Å². The number of phosphoric ester groups is 1. The zero-order chi connectivity index (χ0) is 41.4. The summed E-state index contributed by atoms with van der Waals surface area (Å²) in [5, 5.41) is 8.88. The van der Waals surface area contributed by atoms with E-state index in [0.29, 0.717) is 12.8 Å². The Morgan fingerprint density at radius 2 is 0.982 bits per heavy atom. The summed E-state index contributed by atoms with van der Waals surface area (Å²) in [4.78, 5) is 45.9. The second-order valence-corrected chi connectivity index (χ2v) is 14.9. The van der Waals surface area contributed by atoms with Crippen molar-refractivity contribution in [2.75, 3.05) is 19.8 Å². The summed E-state index contributed by atoms with van der Waals surface area (Å²) in [6, 6.07) is -1.54. The lowest BCUT2D eigenvalue weighted by Gasteiger charge is -2.20. The molecule has 12 heteroatoms. The molecule has 1 unspecified atom stereocenters. The van der Waals surface area contributed by atoms with Gasteiger partial charge in [-0.15, -0.1) is 0 Å². The fourth-order valence-corrected chi connectivity index (χ4v) is 5.60. The molecule has 56 heavy (non-hydrogen) atoms. The third-order valence-corrected chi connectivity index (χ3v) is 9.05. The maximum atomic E-state index is 12.6. The Bertz CT molecular complexity index is 1270. The summed E-state index contributed by atoms with van der Waals surface area (Å²) >= 11 is 0. The molecule has 0 aliphatic heterocycles. The molecular formula is C44H72NO10P. The van der Waals surface area contributed by atoms with Crippen LogP contribution < -0.4 is 5.73 Å². The minimum atomic E-state index is -4.74. The number of rotatable bonds is 37. The number of hydrogen-bond acceptors (Lipinski definition) is 9. The van der Waals surface area contributed by atoms with E-state index in [-0.39, 0.29) is 19.4 Å². The van der Waals surface area contributed by atoms with Crippen molar-refractivity contribution >= 4 is 25.7 Å². The standard InChI is InChI=1S/C44H72NO10P/c1-3-5-7-9-11-13-15-17-19-20-22-24-26-28-30-32-34-36-43(47)55-40(38-53-56(50,51)54-39-41(45)44(48)49)37-52-42(46)35-33-31-29-27-25-23-21-18-16-14-12-10-8-6-4-2/h7,9,12-15,18-21,24-27,40-41H,3-6,8,10-11,16-17,22-23,28-39,45H2,1-2H3,(H,48,49)(H,50,51)/b9-7+,14-12+,15-13+,20-19+,21-18+,26-24+,27-25+/t40-,41+/m1/s1. The molecule has 11 nitrogen and oxygen atoms in total. The lowest BCUT2D eigenvalue weighted by Crippen LogP contribution is -2.34. The van der Waals surface area contributed by atoms with E-state index in [1.807, 2.05) is 0 Å². The second kappa shape index (κ2) is 38.5. The smallest absolute Gasteiger partial charge is 0.472 e.